The predicted molar refractivity (Wildman–Crippen MR) is 45.9 cm³/mol. The Hall–Kier alpha value is -0.340. The summed E-state index contributed by atoms with van der Waals surface area (Å²) in [5.74, 6) is 0.602. The van der Waals surface area contributed by atoms with Crippen LogP contribution in [0.5, 0.6) is 0 Å². The van der Waals surface area contributed by atoms with E-state index in [1.165, 1.54) is 0 Å². The van der Waals surface area contributed by atoms with Crippen molar-refractivity contribution in [3.8, 4) is 0 Å². The molecule has 2 nitrogen and oxygen atoms in total. The van der Waals surface area contributed by atoms with Crippen LogP contribution in [0.2, 0.25) is 0 Å². The molecule has 60 valence electrons. The molecule has 0 fully saturated rings. The zero-order valence-corrected chi connectivity index (χ0v) is 6.93. The van der Waals surface area contributed by atoms with Gasteiger partial charge >= 0.3 is 0 Å². The van der Waals surface area contributed by atoms with Crippen molar-refractivity contribution in [1.29, 1.82) is 0 Å². The van der Waals surface area contributed by atoms with Crippen molar-refractivity contribution in [2.75, 3.05) is 13.1 Å². The molecular weight excluding hydrogens is 124 g/mol. The standard InChI is InChI=1S/C8H18N2/c1-4-5-10-8(6-9)7(2)3/h4,7-8,10H,1,5-6,9H2,2-3H3. The highest BCUT2D eigenvalue weighted by molar-refractivity contribution is 4.77. The van der Waals surface area contributed by atoms with E-state index in [0.29, 0.717) is 18.5 Å². The average molecular weight is 142 g/mol. The topological polar surface area (TPSA) is 38.0 Å². The molecule has 10 heavy (non-hydrogen) atoms. The molecule has 3 N–H and O–H groups in total. The van der Waals surface area contributed by atoms with Gasteiger partial charge in [0.05, 0.1) is 0 Å². The molecule has 0 heterocycles. The Morgan fingerprint density at radius 1 is 1.60 bits per heavy atom. The lowest BCUT2D eigenvalue weighted by molar-refractivity contribution is 0.422. The molecule has 0 aromatic carbocycles. The minimum atomic E-state index is 0.429. The molecule has 0 saturated heterocycles. The number of hydrogen-bond donors (Lipinski definition) is 2. The van der Waals surface area contributed by atoms with Crippen LogP contribution in [-0.2, 0) is 0 Å². The Bertz CT molecular complexity index is 89.3. The Morgan fingerprint density at radius 3 is 2.50 bits per heavy atom. The van der Waals surface area contributed by atoms with Crippen LogP contribution in [0.15, 0.2) is 12.7 Å². The van der Waals surface area contributed by atoms with Crippen molar-refractivity contribution in [3.05, 3.63) is 12.7 Å². The van der Waals surface area contributed by atoms with Gasteiger partial charge in [-0.3, -0.25) is 0 Å². The van der Waals surface area contributed by atoms with Gasteiger partial charge in [-0.05, 0) is 5.92 Å². The Balaban J connectivity index is 3.49. The molecule has 0 radical (unpaired) electrons. The molecule has 0 saturated carbocycles. The van der Waals surface area contributed by atoms with Crippen LogP contribution in [0.1, 0.15) is 13.8 Å². The number of hydrogen-bond acceptors (Lipinski definition) is 2. The third kappa shape index (κ3) is 3.64. The summed E-state index contributed by atoms with van der Waals surface area (Å²) in [5, 5.41) is 3.28. The lowest BCUT2D eigenvalue weighted by Gasteiger charge is -2.19. The van der Waals surface area contributed by atoms with Gasteiger partial charge in [-0.25, -0.2) is 0 Å². The second kappa shape index (κ2) is 5.45. The Kier molecular flexibility index (Phi) is 5.26. The van der Waals surface area contributed by atoms with Gasteiger partial charge in [0, 0.05) is 19.1 Å². The minimum absolute atomic E-state index is 0.429. The molecule has 0 amide bonds. The summed E-state index contributed by atoms with van der Waals surface area (Å²) < 4.78 is 0. The molecule has 0 aliphatic rings. The maximum absolute atomic E-state index is 5.52. The van der Waals surface area contributed by atoms with Crippen molar-refractivity contribution in [2.24, 2.45) is 11.7 Å². The highest BCUT2D eigenvalue weighted by atomic mass is 14.9. The van der Waals surface area contributed by atoms with Crippen molar-refractivity contribution in [3.63, 3.8) is 0 Å². The van der Waals surface area contributed by atoms with Gasteiger partial charge in [0.25, 0.3) is 0 Å². The second-order valence-electron chi connectivity index (χ2n) is 2.78. The van der Waals surface area contributed by atoms with Crippen LogP contribution in [-0.4, -0.2) is 19.1 Å². The Labute approximate surface area is 63.5 Å². The third-order valence-electron chi connectivity index (χ3n) is 1.58. The molecule has 1 unspecified atom stereocenters. The summed E-state index contributed by atoms with van der Waals surface area (Å²) in [5.41, 5.74) is 5.52. The maximum Gasteiger partial charge on any atom is 0.0216 e. The summed E-state index contributed by atoms with van der Waals surface area (Å²) in [4.78, 5) is 0. The first-order valence-corrected chi connectivity index (χ1v) is 3.76. The van der Waals surface area contributed by atoms with E-state index in [0.717, 1.165) is 6.54 Å². The van der Waals surface area contributed by atoms with Gasteiger partial charge in [0.1, 0.15) is 0 Å². The minimum Gasteiger partial charge on any atom is -0.329 e. The quantitative estimate of drug-likeness (QED) is 0.556. The highest BCUT2D eigenvalue weighted by Gasteiger charge is 2.07. The molecule has 0 rings (SSSR count). The average Bonchev–Trinajstić information content (AvgIpc) is 1.89. The summed E-state index contributed by atoms with van der Waals surface area (Å²) in [7, 11) is 0. The van der Waals surface area contributed by atoms with Gasteiger partial charge in [0.2, 0.25) is 0 Å². The summed E-state index contributed by atoms with van der Waals surface area (Å²) in [6.45, 7) is 9.49. The fraction of sp³-hybridized carbons (Fsp3) is 0.750. The zero-order chi connectivity index (χ0) is 7.98. The van der Waals surface area contributed by atoms with E-state index in [1.807, 2.05) is 6.08 Å². The van der Waals surface area contributed by atoms with E-state index in [1.54, 1.807) is 0 Å². The summed E-state index contributed by atoms with van der Waals surface area (Å²) >= 11 is 0. The van der Waals surface area contributed by atoms with E-state index in [4.69, 9.17) is 5.73 Å². The Morgan fingerprint density at radius 2 is 2.20 bits per heavy atom. The van der Waals surface area contributed by atoms with E-state index in [2.05, 4.69) is 25.7 Å². The monoisotopic (exact) mass is 142 g/mol. The molecule has 0 bridgehead atoms. The van der Waals surface area contributed by atoms with Crippen molar-refractivity contribution < 1.29 is 0 Å². The van der Waals surface area contributed by atoms with E-state index < -0.39 is 0 Å². The number of nitrogens with two attached hydrogens (primary N) is 1. The molecule has 0 aromatic rings. The van der Waals surface area contributed by atoms with E-state index in [9.17, 15) is 0 Å². The summed E-state index contributed by atoms with van der Waals surface area (Å²) in [6.07, 6.45) is 1.85. The van der Waals surface area contributed by atoms with Gasteiger partial charge < -0.3 is 11.1 Å². The van der Waals surface area contributed by atoms with Crippen molar-refractivity contribution in [1.82, 2.24) is 5.32 Å². The van der Waals surface area contributed by atoms with Crippen LogP contribution >= 0.6 is 0 Å². The molecule has 0 spiro atoms. The number of nitrogens with one attached hydrogen (secondary N) is 1. The first-order chi connectivity index (χ1) is 4.72. The lowest BCUT2D eigenvalue weighted by Crippen LogP contribution is -2.40. The summed E-state index contributed by atoms with van der Waals surface area (Å²) in [6, 6.07) is 0.429. The fourth-order valence-corrected chi connectivity index (χ4v) is 0.826. The zero-order valence-electron chi connectivity index (χ0n) is 6.93. The first kappa shape index (κ1) is 9.66. The first-order valence-electron chi connectivity index (χ1n) is 3.76. The molecule has 0 aromatic heterocycles. The van der Waals surface area contributed by atoms with Crippen LogP contribution in [0.4, 0.5) is 0 Å². The van der Waals surface area contributed by atoms with Gasteiger partial charge in [-0.15, -0.1) is 6.58 Å². The fourth-order valence-electron chi connectivity index (χ4n) is 0.826. The van der Waals surface area contributed by atoms with Gasteiger partial charge in [0.15, 0.2) is 0 Å². The predicted octanol–water partition coefficient (Wildman–Crippen LogP) is 0.745. The lowest BCUT2D eigenvalue weighted by atomic mass is 10.1. The second-order valence-corrected chi connectivity index (χ2v) is 2.78. The molecule has 0 aliphatic heterocycles. The third-order valence-corrected chi connectivity index (χ3v) is 1.58. The van der Waals surface area contributed by atoms with Crippen molar-refractivity contribution in [2.45, 2.75) is 19.9 Å². The maximum atomic E-state index is 5.52. The van der Waals surface area contributed by atoms with Crippen LogP contribution in [0.25, 0.3) is 0 Å². The van der Waals surface area contributed by atoms with E-state index in [-0.39, 0.29) is 0 Å². The molecule has 0 aliphatic carbocycles. The van der Waals surface area contributed by atoms with Gasteiger partial charge in [-0.1, -0.05) is 19.9 Å². The van der Waals surface area contributed by atoms with Crippen LogP contribution < -0.4 is 11.1 Å². The van der Waals surface area contributed by atoms with Crippen molar-refractivity contribution >= 4 is 0 Å². The normalized spacial score (nSPS) is 13.6. The van der Waals surface area contributed by atoms with E-state index >= 15 is 0 Å². The smallest absolute Gasteiger partial charge is 0.0216 e. The molecule has 1 atom stereocenters. The largest absolute Gasteiger partial charge is 0.329 e. The SMILES string of the molecule is C=CCNC(CN)C(C)C. The molecule has 2 heteroatoms. The van der Waals surface area contributed by atoms with Crippen LogP contribution in [0.3, 0.4) is 0 Å². The van der Waals surface area contributed by atoms with Crippen LogP contribution in [0, 0.1) is 5.92 Å². The van der Waals surface area contributed by atoms with Gasteiger partial charge in [-0.2, -0.15) is 0 Å². The molecular formula is C8H18N2. The highest BCUT2D eigenvalue weighted by Crippen LogP contribution is 1.98. The number of rotatable bonds is 5.